The Kier molecular flexibility index (Phi) is 8.91. The van der Waals surface area contributed by atoms with Gasteiger partial charge in [-0.05, 0) is 41.5 Å². The van der Waals surface area contributed by atoms with Crippen molar-refractivity contribution in [1.82, 2.24) is 0 Å². The van der Waals surface area contributed by atoms with E-state index in [4.69, 9.17) is 14.2 Å². The molecule has 1 aliphatic heterocycles. The van der Waals surface area contributed by atoms with Gasteiger partial charge in [0.2, 0.25) is 12.4 Å². The molecule has 1 aliphatic rings. The zero-order valence-corrected chi connectivity index (χ0v) is 19.1. The molecule has 1 heterocycles. The number of carbonyl (C=O) groups excluding carboxylic acids is 1. The number of rotatable bonds is 9. The first-order valence-corrected chi connectivity index (χ1v) is 10.9. The van der Waals surface area contributed by atoms with Crippen molar-refractivity contribution in [2.24, 2.45) is 0 Å². The van der Waals surface area contributed by atoms with Crippen molar-refractivity contribution in [3.63, 3.8) is 0 Å². The molecule has 0 radical (unpaired) electrons. The molecule has 13 heteroatoms. The molecule has 1 saturated heterocycles. The van der Waals surface area contributed by atoms with Crippen LogP contribution in [0.4, 0.5) is 0 Å². The van der Waals surface area contributed by atoms with Crippen molar-refractivity contribution in [2.45, 2.75) is 43.2 Å². The minimum atomic E-state index is -1.74. The number of phenolic OH excluding ortho intramolecular Hbond substituents is 3. The molecular formula is C24H26O13. The molecule has 200 valence electrons. The summed E-state index contributed by atoms with van der Waals surface area (Å²) in [5.74, 6) is -3.93. The summed E-state index contributed by atoms with van der Waals surface area (Å²) in [4.78, 5) is 23.8. The van der Waals surface area contributed by atoms with Gasteiger partial charge in [0.1, 0.15) is 24.4 Å². The molecule has 0 spiro atoms. The van der Waals surface area contributed by atoms with Gasteiger partial charge < -0.3 is 55.1 Å². The lowest BCUT2D eigenvalue weighted by atomic mass is 9.99. The third-order valence-electron chi connectivity index (χ3n) is 5.48. The maximum Gasteiger partial charge on any atom is 0.345 e. The first kappa shape index (κ1) is 27.7. The number of esters is 1. The zero-order valence-electron chi connectivity index (χ0n) is 19.1. The third kappa shape index (κ3) is 6.87. The van der Waals surface area contributed by atoms with E-state index in [1.807, 2.05) is 0 Å². The van der Waals surface area contributed by atoms with Crippen LogP contribution in [0.25, 0.3) is 6.08 Å². The number of ether oxygens (including phenoxy) is 3. The van der Waals surface area contributed by atoms with Crippen molar-refractivity contribution < 1.29 is 64.7 Å². The summed E-state index contributed by atoms with van der Waals surface area (Å²) in [5, 5.41) is 77.6. The summed E-state index contributed by atoms with van der Waals surface area (Å²) in [6, 6.07) is 7.49. The number of aliphatic hydroxyl groups excluding tert-OH is 4. The van der Waals surface area contributed by atoms with E-state index in [1.54, 1.807) is 0 Å². The Balaban J connectivity index is 1.70. The fourth-order valence-corrected chi connectivity index (χ4v) is 3.45. The quantitative estimate of drug-likeness (QED) is 0.115. The molecule has 0 aliphatic carbocycles. The molecule has 2 aromatic carbocycles. The molecule has 0 bridgehead atoms. The molecule has 37 heavy (non-hydrogen) atoms. The predicted molar refractivity (Wildman–Crippen MR) is 123 cm³/mol. The molecule has 0 saturated carbocycles. The van der Waals surface area contributed by atoms with Crippen LogP contribution in [0.1, 0.15) is 11.1 Å². The highest BCUT2D eigenvalue weighted by atomic mass is 16.7. The van der Waals surface area contributed by atoms with Crippen LogP contribution in [0.2, 0.25) is 0 Å². The lowest BCUT2D eigenvalue weighted by molar-refractivity contribution is -0.277. The highest BCUT2D eigenvalue weighted by Crippen LogP contribution is 2.32. The van der Waals surface area contributed by atoms with E-state index in [9.17, 15) is 50.4 Å². The van der Waals surface area contributed by atoms with Crippen LogP contribution < -0.4 is 4.74 Å². The minimum Gasteiger partial charge on any atom is -0.504 e. The van der Waals surface area contributed by atoms with Gasteiger partial charge in [-0.2, -0.15) is 0 Å². The van der Waals surface area contributed by atoms with Crippen molar-refractivity contribution >= 4 is 18.0 Å². The van der Waals surface area contributed by atoms with Crippen LogP contribution in [-0.4, -0.2) is 96.2 Å². The number of benzene rings is 2. The standard InChI is InChI=1S/C24H26O13/c25-10-18-20(30)21(31)22(32)24(37-18)36-16-8-12(2-5-14(16)27)9-17(23(33)34)35-19(29)6-3-11-1-4-13(26)15(28)7-11/h1-8,17-18,20-22,24-28,30-32H,9-10H2,(H,33,34). The number of carboxylic acid groups (broad SMARTS) is 1. The van der Waals surface area contributed by atoms with Crippen LogP contribution in [-0.2, 0) is 25.5 Å². The molecule has 0 aromatic heterocycles. The Morgan fingerprint density at radius 1 is 0.946 bits per heavy atom. The number of aromatic hydroxyl groups is 3. The van der Waals surface area contributed by atoms with Gasteiger partial charge in [-0.1, -0.05) is 12.1 Å². The number of aliphatic carboxylic acids is 1. The fraction of sp³-hybridized carbons (Fsp3) is 0.333. The van der Waals surface area contributed by atoms with Gasteiger partial charge >= 0.3 is 11.9 Å². The second-order valence-corrected chi connectivity index (χ2v) is 8.17. The average Bonchev–Trinajstić information content (AvgIpc) is 2.86. The van der Waals surface area contributed by atoms with Crippen molar-refractivity contribution in [2.75, 3.05) is 6.61 Å². The maximum absolute atomic E-state index is 12.2. The molecule has 0 amide bonds. The smallest absolute Gasteiger partial charge is 0.345 e. The van der Waals surface area contributed by atoms with Crippen molar-refractivity contribution in [3.05, 3.63) is 53.6 Å². The Morgan fingerprint density at radius 3 is 2.30 bits per heavy atom. The largest absolute Gasteiger partial charge is 0.504 e. The summed E-state index contributed by atoms with van der Waals surface area (Å²) in [6.07, 6.45) is -7.71. The second kappa shape index (κ2) is 11.9. The first-order chi connectivity index (χ1) is 17.5. The summed E-state index contributed by atoms with van der Waals surface area (Å²) in [7, 11) is 0. The van der Waals surface area contributed by atoms with Crippen molar-refractivity contribution in [3.8, 4) is 23.0 Å². The van der Waals surface area contributed by atoms with E-state index in [-0.39, 0.29) is 23.5 Å². The van der Waals surface area contributed by atoms with Gasteiger partial charge in [-0.3, -0.25) is 0 Å². The van der Waals surface area contributed by atoms with Gasteiger partial charge in [0.25, 0.3) is 0 Å². The van der Waals surface area contributed by atoms with Crippen LogP contribution in [0, 0.1) is 0 Å². The van der Waals surface area contributed by atoms with E-state index in [0.717, 1.165) is 12.1 Å². The van der Waals surface area contributed by atoms with Gasteiger partial charge in [0, 0.05) is 12.5 Å². The van der Waals surface area contributed by atoms with Gasteiger partial charge in [-0.15, -0.1) is 0 Å². The van der Waals surface area contributed by atoms with E-state index in [1.165, 1.54) is 36.4 Å². The molecule has 1 fully saturated rings. The Labute approximate surface area is 209 Å². The molecular weight excluding hydrogens is 496 g/mol. The number of hydrogen-bond acceptors (Lipinski definition) is 12. The minimum absolute atomic E-state index is 0.241. The van der Waals surface area contributed by atoms with Gasteiger partial charge in [-0.25, -0.2) is 9.59 Å². The number of aliphatic hydroxyl groups is 4. The lowest BCUT2D eigenvalue weighted by Gasteiger charge is -2.39. The summed E-state index contributed by atoms with van der Waals surface area (Å²) >= 11 is 0. The molecule has 8 N–H and O–H groups in total. The van der Waals surface area contributed by atoms with Crippen molar-refractivity contribution in [1.29, 1.82) is 0 Å². The number of hydrogen-bond donors (Lipinski definition) is 8. The number of carbonyl (C=O) groups is 2. The van der Waals surface area contributed by atoms with Crippen LogP contribution in [0.3, 0.4) is 0 Å². The molecule has 2 aromatic rings. The van der Waals surface area contributed by atoms with Gasteiger partial charge in [0.15, 0.2) is 23.0 Å². The van der Waals surface area contributed by atoms with Crippen LogP contribution in [0.15, 0.2) is 42.5 Å². The second-order valence-electron chi connectivity index (χ2n) is 8.17. The summed E-state index contributed by atoms with van der Waals surface area (Å²) < 4.78 is 15.6. The molecule has 3 rings (SSSR count). The van der Waals surface area contributed by atoms with Crippen LogP contribution >= 0.6 is 0 Å². The molecule has 6 atom stereocenters. The topological polar surface area (TPSA) is 224 Å². The lowest BCUT2D eigenvalue weighted by Crippen LogP contribution is -2.60. The maximum atomic E-state index is 12.2. The summed E-state index contributed by atoms with van der Waals surface area (Å²) in [5.41, 5.74) is 0.581. The molecule has 6 unspecified atom stereocenters. The normalized spacial score (nSPS) is 24.5. The SMILES string of the molecule is O=C(C=Cc1ccc(O)c(O)c1)OC(Cc1ccc(O)c(OC2OC(CO)C(O)C(O)C2O)c1)C(=O)O. The predicted octanol–water partition coefficient (Wildman–Crippen LogP) is -0.766. The monoisotopic (exact) mass is 522 g/mol. The third-order valence-corrected chi connectivity index (χ3v) is 5.48. The van der Waals surface area contributed by atoms with E-state index >= 15 is 0 Å². The molecule has 13 nitrogen and oxygen atoms in total. The zero-order chi connectivity index (χ0) is 27.3. The summed E-state index contributed by atoms with van der Waals surface area (Å²) in [6.45, 7) is -0.690. The average molecular weight is 522 g/mol. The fourth-order valence-electron chi connectivity index (χ4n) is 3.45. The van der Waals surface area contributed by atoms with E-state index in [0.29, 0.717) is 5.56 Å². The number of carboxylic acids is 1. The Hall–Kier alpha value is -3.88. The highest BCUT2D eigenvalue weighted by Gasteiger charge is 2.45. The highest BCUT2D eigenvalue weighted by molar-refractivity contribution is 5.89. The van der Waals surface area contributed by atoms with E-state index in [2.05, 4.69) is 0 Å². The van der Waals surface area contributed by atoms with Crippen LogP contribution in [0.5, 0.6) is 23.0 Å². The van der Waals surface area contributed by atoms with E-state index < -0.39 is 66.9 Å². The first-order valence-electron chi connectivity index (χ1n) is 10.9. The van der Waals surface area contributed by atoms with Gasteiger partial charge in [0.05, 0.1) is 6.61 Å². The number of phenols is 3. The Morgan fingerprint density at radius 2 is 1.65 bits per heavy atom. The Bertz CT molecular complexity index is 1150.